The number of alkyl halides is 3. The van der Waals surface area contributed by atoms with Gasteiger partial charge in [0.2, 0.25) is 0 Å². The highest BCUT2D eigenvalue weighted by atomic mass is 35.5. The third-order valence-corrected chi connectivity index (χ3v) is 8.35. The lowest BCUT2D eigenvalue weighted by Gasteiger charge is -2.27. The number of carbonyl (C=O) groups is 1. The molecule has 37 heavy (non-hydrogen) atoms. The summed E-state index contributed by atoms with van der Waals surface area (Å²) in [7, 11) is 1.95. The summed E-state index contributed by atoms with van der Waals surface area (Å²) in [6.07, 6.45) is 1.56. The van der Waals surface area contributed by atoms with E-state index in [9.17, 15) is 18.0 Å². The van der Waals surface area contributed by atoms with Gasteiger partial charge in [0.1, 0.15) is 10.7 Å². The Labute approximate surface area is 226 Å². The van der Waals surface area contributed by atoms with E-state index in [1.807, 2.05) is 24.6 Å². The summed E-state index contributed by atoms with van der Waals surface area (Å²) in [5.41, 5.74) is 2.38. The van der Waals surface area contributed by atoms with Crippen LogP contribution in [0.4, 0.5) is 18.9 Å². The number of nitrogens with one attached hydrogen (secondary N) is 2. The second-order valence-electron chi connectivity index (χ2n) is 8.43. The molecule has 3 aromatic heterocycles. The van der Waals surface area contributed by atoms with E-state index >= 15 is 0 Å². The molecule has 0 fully saturated rings. The first kappa shape index (κ1) is 27.5. The summed E-state index contributed by atoms with van der Waals surface area (Å²) in [4.78, 5) is 17.8. The fraction of sp³-hybridized carbons (Fsp3) is 0.385. The fourth-order valence-electron chi connectivity index (χ4n) is 4.14. The molecule has 0 radical (unpaired) electrons. The number of allylic oxidation sites excluding steroid dienone is 1. The predicted molar refractivity (Wildman–Crippen MR) is 143 cm³/mol. The number of likely N-dealkylation sites (N-methyl/N-ethyl adjacent to an activating group) is 1. The van der Waals surface area contributed by atoms with E-state index in [0.717, 1.165) is 33.7 Å². The molecule has 0 spiro atoms. The van der Waals surface area contributed by atoms with Gasteiger partial charge in [-0.25, -0.2) is 9.78 Å². The SMILES string of the molecule is CN[C@@H]1CC=CC[C@H]1c1sc2c(NCc3cccs3)cc(Cl)nc2c1C#CCCCOC(=O)C(F)(F)F. The number of hydrogen-bond donors (Lipinski definition) is 2. The van der Waals surface area contributed by atoms with Crippen molar-refractivity contribution in [1.82, 2.24) is 10.3 Å². The highest BCUT2D eigenvalue weighted by Crippen LogP contribution is 2.43. The lowest BCUT2D eigenvalue weighted by Crippen LogP contribution is -2.33. The number of thiophene rings is 2. The minimum atomic E-state index is -4.99. The number of unbranched alkanes of at least 4 members (excludes halogenated alkanes) is 1. The largest absolute Gasteiger partial charge is 0.490 e. The van der Waals surface area contributed by atoms with E-state index in [1.54, 1.807) is 22.7 Å². The molecule has 5 nitrogen and oxygen atoms in total. The van der Waals surface area contributed by atoms with Crippen LogP contribution in [-0.4, -0.2) is 36.8 Å². The van der Waals surface area contributed by atoms with Gasteiger partial charge in [0.15, 0.2) is 0 Å². The van der Waals surface area contributed by atoms with Gasteiger partial charge in [-0.05, 0) is 37.8 Å². The summed E-state index contributed by atoms with van der Waals surface area (Å²) in [6.45, 7) is 0.309. The Bertz CT molecular complexity index is 1330. The number of rotatable bonds is 8. The molecule has 0 unspecified atom stereocenters. The van der Waals surface area contributed by atoms with Crippen LogP contribution in [0.3, 0.4) is 0 Å². The molecule has 0 aliphatic heterocycles. The number of carbonyl (C=O) groups excluding carboxylic acids is 1. The molecule has 2 N–H and O–H groups in total. The zero-order valence-electron chi connectivity index (χ0n) is 20.0. The van der Waals surface area contributed by atoms with Gasteiger partial charge in [0, 0.05) is 40.7 Å². The van der Waals surface area contributed by atoms with Crippen LogP contribution in [0.2, 0.25) is 5.15 Å². The van der Waals surface area contributed by atoms with E-state index in [1.165, 1.54) is 4.88 Å². The second kappa shape index (κ2) is 12.3. The van der Waals surface area contributed by atoms with Crippen molar-refractivity contribution in [2.45, 2.75) is 50.4 Å². The van der Waals surface area contributed by atoms with Gasteiger partial charge in [-0.3, -0.25) is 0 Å². The topological polar surface area (TPSA) is 63.3 Å². The zero-order chi connectivity index (χ0) is 26.4. The first-order valence-electron chi connectivity index (χ1n) is 11.7. The Morgan fingerprint density at radius 3 is 2.86 bits per heavy atom. The van der Waals surface area contributed by atoms with Crippen molar-refractivity contribution in [1.29, 1.82) is 0 Å². The maximum atomic E-state index is 12.3. The van der Waals surface area contributed by atoms with Crippen LogP contribution >= 0.6 is 34.3 Å². The summed E-state index contributed by atoms with van der Waals surface area (Å²) < 4.78 is 42.2. The number of halogens is 4. The van der Waals surface area contributed by atoms with Crippen molar-refractivity contribution in [3.63, 3.8) is 0 Å². The third-order valence-electron chi connectivity index (χ3n) is 5.93. The standard InChI is InChI=1S/C26H25ClF3N3O2S2/c1-31-19-11-5-4-9-17(19)23-18(10-3-2-6-12-35-25(34)26(28,29)30)22-24(37-23)20(14-21(27)33-22)32-15-16-8-7-13-36-16/h4-5,7-8,13-14,17,19,31H,2,6,9,11-12,15H2,1H3,(H,32,33)/t17-,19-/m1/s1. The Morgan fingerprint density at radius 2 is 2.14 bits per heavy atom. The number of esters is 1. The van der Waals surface area contributed by atoms with E-state index in [0.29, 0.717) is 17.2 Å². The predicted octanol–water partition coefficient (Wildman–Crippen LogP) is 6.88. The van der Waals surface area contributed by atoms with Crippen molar-refractivity contribution in [3.05, 3.63) is 56.2 Å². The van der Waals surface area contributed by atoms with Crippen LogP contribution in [0.25, 0.3) is 10.2 Å². The van der Waals surface area contributed by atoms with Crippen molar-refractivity contribution in [2.75, 3.05) is 19.0 Å². The summed E-state index contributed by atoms with van der Waals surface area (Å²) in [5, 5.41) is 9.27. The molecule has 4 rings (SSSR count). The molecule has 0 aromatic carbocycles. The monoisotopic (exact) mass is 567 g/mol. The van der Waals surface area contributed by atoms with E-state index in [4.69, 9.17) is 11.6 Å². The van der Waals surface area contributed by atoms with Gasteiger partial charge in [0.05, 0.1) is 22.6 Å². The maximum Gasteiger partial charge on any atom is 0.490 e. The summed E-state index contributed by atoms with van der Waals surface area (Å²) in [6, 6.07) is 6.12. The molecule has 0 saturated carbocycles. The Morgan fingerprint density at radius 1 is 1.32 bits per heavy atom. The number of nitrogens with zero attached hydrogens (tertiary/aromatic N) is 1. The van der Waals surface area contributed by atoms with Crippen LogP contribution in [0, 0.1) is 11.8 Å². The highest BCUT2D eigenvalue weighted by molar-refractivity contribution is 7.20. The van der Waals surface area contributed by atoms with Gasteiger partial charge < -0.3 is 15.4 Å². The average Bonchev–Trinajstić information content (AvgIpc) is 3.52. The minimum absolute atomic E-state index is 0.190. The van der Waals surface area contributed by atoms with Crippen LogP contribution in [0.5, 0.6) is 0 Å². The first-order chi connectivity index (χ1) is 17.8. The minimum Gasteiger partial charge on any atom is -0.459 e. The molecular weight excluding hydrogens is 543 g/mol. The van der Waals surface area contributed by atoms with Crippen molar-refractivity contribution < 1.29 is 22.7 Å². The Balaban J connectivity index is 1.63. The van der Waals surface area contributed by atoms with Crippen molar-refractivity contribution >= 4 is 56.1 Å². The molecule has 0 amide bonds. The number of pyridine rings is 1. The van der Waals surface area contributed by atoms with E-state index in [2.05, 4.69) is 50.4 Å². The van der Waals surface area contributed by atoms with Gasteiger partial charge in [-0.2, -0.15) is 13.2 Å². The number of aromatic nitrogens is 1. The molecule has 1 aliphatic rings. The quantitative estimate of drug-likeness (QED) is 0.102. The molecule has 1 aliphatic carbocycles. The van der Waals surface area contributed by atoms with Gasteiger partial charge >= 0.3 is 12.1 Å². The maximum absolute atomic E-state index is 12.3. The summed E-state index contributed by atoms with van der Waals surface area (Å²) >= 11 is 9.73. The van der Waals surface area contributed by atoms with Crippen LogP contribution < -0.4 is 10.6 Å². The zero-order valence-corrected chi connectivity index (χ0v) is 22.3. The number of anilines is 1. The number of ether oxygens (including phenoxy) is 1. The molecule has 0 saturated heterocycles. The van der Waals surface area contributed by atoms with Crippen LogP contribution in [0.1, 0.15) is 46.9 Å². The van der Waals surface area contributed by atoms with E-state index in [-0.39, 0.29) is 31.4 Å². The molecule has 3 heterocycles. The molecule has 0 bridgehead atoms. The Hall–Kier alpha value is -2.58. The normalized spacial score (nSPS) is 17.4. The molecule has 2 atom stereocenters. The average molecular weight is 568 g/mol. The third kappa shape index (κ3) is 6.85. The first-order valence-corrected chi connectivity index (χ1v) is 13.8. The molecular formula is C26H25ClF3N3O2S2. The smallest absolute Gasteiger partial charge is 0.459 e. The highest BCUT2D eigenvalue weighted by Gasteiger charge is 2.40. The summed E-state index contributed by atoms with van der Waals surface area (Å²) in [5.74, 6) is 4.27. The van der Waals surface area contributed by atoms with Gasteiger partial charge in [0.25, 0.3) is 0 Å². The van der Waals surface area contributed by atoms with Crippen LogP contribution in [0.15, 0.2) is 35.7 Å². The number of fused-ring (bicyclic) bond motifs is 1. The lowest BCUT2D eigenvalue weighted by molar-refractivity contribution is -0.199. The molecule has 196 valence electrons. The van der Waals surface area contributed by atoms with E-state index < -0.39 is 12.1 Å². The molecule has 11 heteroatoms. The fourth-order valence-corrected chi connectivity index (χ4v) is 6.35. The lowest BCUT2D eigenvalue weighted by atomic mass is 9.86. The number of hydrogen-bond acceptors (Lipinski definition) is 7. The van der Waals surface area contributed by atoms with Crippen molar-refractivity contribution in [3.8, 4) is 11.8 Å². The van der Waals surface area contributed by atoms with Gasteiger partial charge in [-0.1, -0.05) is 41.7 Å². The molecule has 3 aromatic rings. The second-order valence-corrected chi connectivity index (χ2v) is 10.9. The Kier molecular flexibility index (Phi) is 9.13. The van der Waals surface area contributed by atoms with Crippen molar-refractivity contribution in [2.24, 2.45) is 0 Å². The van der Waals surface area contributed by atoms with Crippen LogP contribution in [-0.2, 0) is 16.1 Å². The van der Waals surface area contributed by atoms with Gasteiger partial charge in [-0.15, -0.1) is 22.7 Å².